The molecule has 0 bridgehead atoms. The number of aliphatic carboxylic acids is 1. The van der Waals surface area contributed by atoms with E-state index in [1.165, 1.54) is 6.07 Å². The molecule has 0 aromatic heterocycles. The van der Waals surface area contributed by atoms with Crippen molar-refractivity contribution < 1.29 is 29.2 Å². The van der Waals surface area contributed by atoms with Crippen molar-refractivity contribution in [1.82, 2.24) is 0 Å². The highest BCUT2D eigenvalue weighted by Gasteiger charge is 2.22. The summed E-state index contributed by atoms with van der Waals surface area (Å²) in [4.78, 5) is 42.7. The zero-order chi connectivity index (χ0) is 14.6. The minimum atomic E-state index is -1.67. The van der Waals surface area contributed by atoms with Crippen LogP contribution < -0.4 is 0 Å². The lowest BCUT2D eigenvalue weighted by atomic mass is 10.0. The second-order valence-electron chi connectivity index (χ2n) is 3.50. The van der Waals surface area contributed by atoms with Crippen molar-refractivity contribution in [3.05, 3.63) is 39.4 Å². The predicted octanol–water partition coefficient (Wildman–Crippen LogP) is 0.578. The molecule has 19 heavy (non-hydrogen) atoms. The standard InChI is InChI=1S/C11H9NO7/c1-19-11(16)7-3-2-6(5-9(13)10(14)15)8(4-7)12(17)18/h2-4H,5H2,1H3,(H,14,15). The number of rotatable bonds is 5. The van der Waals surface area contributed by atoms with Gasteiger partial charge >= 0.3 is 11.9 Å². The third-order valence-electron chi connectivity index (χ3n) is 2.29. The normalized spacial score (nSPS) is 9.74. The highest BCUT2D eigenvalue weighted by Crippen LogP contribution is 2.21. The molecule has 0 fully saturated rings. The Bertz CT molecular complexity index is 564. The number of carboxylic acid groups (broad SMARTS) is 1. The molecular weight excluding hydrogens is 258 g/mol. The lowest BCUT2D eigenvalue weighted by molar-refractivity contribution is -0.385. The van der Waals surface area contributed by atoms with Crippen LogP contribution in [0.2, 0.25) is 0 Å². The second kappa shape index (κ2) is 5.71. The van der Waals surface area contributed by atoms with Crippen LogP contribution in [0.5, 0.6) is 0 Å². The number of benzene rings is 1. The van der Waals surface area contributed by atoms with Gasteiger partial charge in [-0.3, -0.25) is 14.9 Å². The molecule has 8 heteroatoms. The molecule has 0 heterocycles. The van der Waals surface area contributed by atoms with Crippen LogP contribution in [-0.2, 0) is 20.7 Å². The van der Waals surface area contributed by atoms with Crippen LogP contribution in [0.15, 0.2) is 18.2 Å². The minimum Gasteiger partial charge on any atom is -0.475 e. The molecule has 0 spiro atoms. The van der Waals surface area contributed by atoms with E-state index in [4.69, 9.17) is 5.11 Å². The summed E-state index contributed by atoms with van der Waals surface area (Å²) in [7, 11) is 1.12. The third-order valence-corrected chi connectivity index (χ3v) is 2.29. The van der Waals surface area contributed by atoms with Crippen LogP contribution in [0.3, 0.4) is 0 Å². The number of carbonyl (C=O) groups excluding carboxylic acids is 2. The number of ether oxygens (including phenoxy) is 1. The number of carbonyl (C=O) groups is 3. The zero-order valence-corrected chi connectivity index (χ0v) is 9.78. The fraction of sp³-hybridized carbons (Fsp3) is 0.182. The first kappa shape index (κ1) is 14.3. The van der Waals surface area contributed by atoms with Crippen LogP contribution in [0, 0.1) is 10.1 Å². The molecule has 0 saturated heterocycles. The Kier molecular flexibility index (Phi) is 4.30. The van der Waals surface area contributed by atoms with Gasteiger partial charge in [0.25, 0.3) is 5.69 Å². The number of hydrogen-bond donors (Lipinski definition) is 1. The largest absolute Gasteiger partial charge is 0.475 e. The van der Waals surface area contributed by atoms with Gasteiger partial charge in [-0.05, 0) is 6.07 Å². The zero-order valence-electron chi connectivity index (χ0n) is 9.78. The molecule has 0 aliphatic carbocycles. The van der Waals surface area contributed by atoms with Gasteiger partial charge in [-0.2, -0.15) is 0 Å². The third kappa shape index (κ3) is 3.35. The molecule has 8 nitrogen and oxygen atoms in total. The van der Waals surface area contributed by atoms with Gasteiger partial charge in [0.2, 0.25) is 5.78 Å². The van der Waals surface area contributed by atoms with E-state index in [1.54, 1.807) is 0 Å². The van der Waals surface area contributed by atoms with Crippen LogP contribution in [-0.4, -0.2) is 34.9 Å². The van der Waals surface area contributed by atoms with Crippen molar-refractivity contribution >= 4 is 23.4 Å². The number of nitro benzene ring substituents is 1. The Balaban J connectivity index is 3.19. The summed E-state index contributed by atoms with van der Waals surface area (Å²) in [6, 6.07) is 3.32. The molecule has 0 unspecified atom stereocenters. The van der Waals surface area contributed by atoms with Crippen LogP contribution in [0.1, 0.15) is 15.9 Å². The molecular formula is C11H9NO7. The summed E-state index contributed by atoms with van der Waals surface area (Å²) in [5, 5.41) is 19.3. The summed E-state index contributed by atoms with van der Waals surface area (Å²) >= 11 is 0. The van der Waals surface area contributed by atoms with Gasteiger partial charge in [0.05, 0.1) is 17.6 Å². The Morgan fingerprint density at radius 2 is 2.00 bits per heavy atom. The number of Topliss-reactive ketones (excluding diaryl/α,β-unsaturated/α-hetero) is 1. The number of nitrogens with zero attached hydrogens (tertiary/aromatic N) is 1. The van der Waals surface area contributed by atoms with E-state index in [-0.39, 0.29) is 11.1 Å². The van der Waals surface area contributed by atoms with E-state index >= 15 is 0 Å². The highest BCUT2D eigenvalue weighted by atomic mass is 16.6. The molecule has 0 radical (unpaired) electrons. The maximum atomic E-state index is 11.2. The molecule has 0 saturated carbocycles. The molecule has 1 N–H and O–H groups in total. The first-order chi connectivity index (χ1) is 8.86. The first-order valence-corrected chi connectivity index (χ1v) is 4.98. The van der Waals surface area contributed by atoms with Gasteiger partial charge in [-0.25, -0.2) is 9.59 Å². The topological polar surface area (TPSA) is 124 Å². The molecule has 0 aliphatic rings. The maximum absolute atomic E-state index is 11.2. The summed E-state index contributed by atoms with van der Waals surface area (Å²) in [6.07, 6.45) is -0.618. The highest BCUT2D eigenvalue weighted by molar-refractivity contribution is 6.33. The smallest absolute Gasteiger partial charge is 0.372 e. The molecule has 100 valence electrons. The van der Waals surface area contributed by atoms with E-state index in [1.807, 2.05) is 0 Å². The van der Waals surface area contributed by atoms with E-state index in [0.717, 1.165) is 19.2 Å². The van der Waals surface area contributed by atoms with E-state index in [2.05, 4.69) is 4.74 Å². The van der Waals surface area contributed by atoms with Crippen molar-refractivity contribution in [2.75, 3.05) is 7.11 Å². The van der Waals surface area contributed by atoms with E-state index < -0.39 is 34.8 Å². The minimum absolute atomic E-state index is 0.0549. The summed E-state index contributed by atoms with van der Waals surface area (Å²) in [6.45, 7) is 0. The number of esters is 1. The Morgan fingerprint density at radius 1 is 1.37 bits per heavy atom. The lowest BCUT2D eigenvalue weighted by Crippen LogP contribution is -2.16. The number of nitro groups is 1. The number of methoxy groups -OCH3 is 1. The van der Waals surface area contributed by atoms with Crippen LogP contribution in [0.25, 0.3) is 0 Å². The van der Waals surface area contributed by atoms with Gasteiger partial charge in [0, 0.05) is 18.1 Å². The molecule has 0 atom stereocenters. The number of ketones is 1. The summed E-state index contributed by atoms with van der Waals surface area (Å²) in [5.41, 5.74) is -0.636. The number of hydrogen-bond acceptors (Lipinski definition) is 6. The van der Waals surface area contributed by atoms with Crippen LogP contribution >= 0.6 is 0 Å². The molecule has 1 rings (SSSR count). The molecule has 0 aliphatic heterocycles. The molecule has 1 aromatic rings. The second-order valence-corrected chi connectivity index (χ2v) is 3.50. The van der Waals surface area contributed by atoms with Gasteiger partial charge in [0.1, 0.15) is 0 Å². The molecule has 0 amide bonds. The van der Waals surface area contributed by atoms with E-state index in [9.17, 15) is 24.5 Å². The van der Waals surface area contributed by atoms with Gasteiger partial charge in [0.15, 0.2) is 0 Å². The van der Waals surface area contributed by atoms with Crippen molar-refractivity contribution in [3.8, 4) is 0 Å². The van der Waals surface area contributed by atoms with Gasteiger partial charge in [-0.15, -0.1) is 0 Å². The van der Waals surface area contributed by atoms with Gasteiger partial charge < -0.3 is 9.84 Å². The SMILES string of the molecule is COC(=O)c1ccc(CC(=O)C(=O)O)c([N+](=O)[O-])c1. The fourth-order valence-corrected chi connectivity index (χ4v) is 1.38. The summed E-state index contributed by atoms with van der Waals surface area (Å²) in [5.74, 6) is -3.61. The first-order valence-electron chi connectivity index (χ1n) is 4.98. The lowest BCUT2D eigenvalue weighted by Gasteiger charge is -2.03. The average molecular weight is 267 g/mol. The maximum Gasteiger partial charge on any atom is 0.372 e. The van der Waals surface area contributed by atoms with Gasteiger partial charge in [-0.1, -0.05) is 6.07 Å². The average Bonchev–Trinajstić information content (AvgIpc) is 2.37. The number of carboxylic acids is 1. The summed E-state index contributed by atoms with van der Waals surface area (Å²) < 4.78 is 4.41. The Morgan fingerprint density at radius 3 is 2.47 bits per heavy atom. The molecule has 1 aromatic carbocycles. The van der Waals surface area contributed by atoms with Crippen molar-refractivity contribution in [3.63, 3.8) is 0 Å². The monoisotopic (exact) mass is 267 g/mol. The van der Waals surface area contributed by atoms with Crippen molar-refractivity contribution in [2.24, 2.45) is 0 Å². The Hall–Kier alpha value is -2.77. The fourth-order valence-electron chi connectivity index (χ4n) is 1.38. The van der Waals surface area contributed by atoms with E-state index in [0.29, 0.717) is 0 Å². The van der Waals surface area contributed by atoms with Crippen molar-refractivity contribution in [2.45, 2.75) is 6.42 Å². The van der Waals surface area contributed by atoms with Crippen LogP contribution in [0.4, 0.5) is 5.69 Å². The van der Waals surface area contributed by atoms with Crippen molar-refractivity contribution in [1.29, 1.82) is 0 Å². The predicted molar refractivity (Wildman–Crippen MR) is 60.8 cm³/mol. The Labute approximate surface area is 106 Å². The quantitative estimate of drug-likeness (QED) is 0.358.